The number of carbonyl (C=O) groups excluding carboxylic acids is 2. The zero-order valence-corrected chi connectivity index (χ0v) is 15.7. The minimum atomic E-state index is -0.577. The lowest BCUT2D eigenvalue weighted by molar-refractivity contribution is 0.0635. The molecule has 2 N–H and O–H groups in total. The zero-order chi connectivity index (χ0) is 19.2. The first-order valence-corrected chi connectivity index (χ1v) is 8.68. The normalized spacial score (nSPS) is 12.2. The molecule has 0 aliphatic heterocycles. The fraction of sp³-hybridized carbons (Fsp3) is 0.333. The smallest absolute Gasteiger partial charge is 0.412 e. The number of hydrogen-bond donors (Lipinski definition) is 2. The standard InChI is InChI=1S/C21H26N2O3/c1-15(16-9-6-5-7-10-16)14-22-19(24)17-11-8-12-18(13-17)23-20(25)26-21(2,3)4/h5-13,15H,14H2,1-4H3,(H,22,24)(H,23,25)/t15-/m1/s1. The van der Waals surface area contributed by atoms with Crippen LogP contribution in [0.15, 0.2) is 54.6 Å². The van der Waals surface area contributed by atoms with E-state index in [0.717, 1.165) is 0 Å². The third-order valence-corrected chi connectivity index (χ3v) is 3.71. The Hall–Kier alpha value is -2.82. The first-order valence-electron chi connectivity index (χ1n) is 8.68. The fourth-order valence-electron chi connectivity index (χ4n) is 2.41. The Balaban J connectivity index is 1.94. The van der Waals surface area contributed by atoms with Crippen LogP contribution in [0, 0.1) is 0 Å². The maximum atomic E-state index is 12.4. The van der Waals surface area contributed by atoms with Gasteiger partial charge in [0.1, 0.15) is 5.60 Å². The highest BCUT2D eigenvalue weighted by molar-refractivity contribution is 5.96. The molecule has 1 atom stereocenters. The molecule has 0 unspecified atom stereocenters. The van der Waals surface area contributed by atoms with Gasteiger partial charge in [-0.1, -0.05) is 43.3 Å². The molecule has 5 nitrogen and oxygen atoms in total. The maximum Gasteiger partial charge on any atom is 0.412 e. The molecule has 0 aliphatic carbocycles. The van der Waals surface area contributed by atoms with Crippen molar-refractivity contribution in [2.45, 2.75) is 39.2 Å². The van der Waals surface area contributed by atoms with Crippen molar-refractivity contribution >= 4 is 17.7 Å². The fourth-order valence-corrected chi connectivity index (χ4v) is 2.41. The molecule has 0 spiro atoms. The summed E-state index contributed by atoms with van der Waals surface area (Å²) in [6.07, 6.45) is -0.548. The van der Waals surface area contributed by atoms with Gasteiger partial charge in [0.15, 0.2) is 0 Å². The predicted molar refractivity (Wildman–Crippen MR) is 103 cm³/mol. The first-order chi connectivity index (χ1) is 12.2. The number of carbonyl (C=O) groups is 2. The van der Waals surface area contributed by atoms with E-state index in [1.807, 2.05) is 30.3 Å². The maximum absolute atomic E-state index is 12.4. The van der Waals surface area contributed by atoms with Gasteiger partial charge in [-0.15, -0.1) is 0 Å². The molecule has 2 rings (SSSR count). The van der Waals surface area contributed by atoms with Crippen LogP contribution >= 0.6 is 0 Å². The van der Waals surface area contributed by atoms with E-state index in [4.69, 9.17) is 4.74 Å². The van der Waals surface area contributed by atoms with E-state index in [1.165, 1.54) is 5.56 Å². The van der Waals surface area contributed by atoms with Crippen LogP contribution in [0.25, 0.3) is 0 Å². The predicted octanol–water partition coefficient (Wildman–Crippen LogP) is 4.57. The van der Waals surface area contributed by atoms with Crippen LogP contribution in [-0.4, -0.2) is 24.1 Å². The van der Waals surface area contributed by atoms with Crippen LogP contribution in [0.4, 0.5) is 10.5 Å². The van der Waals surface area contributed by atoms with Gasteiger partial charge in [0, 0.05) is 17.8 Å². The highest BCUT2D eigenvalue weighted by Gasteiger charge is 2.16. The van der Waals surface area contributed by atoms with E-state index in [1.54, 1.807) is 45.0 Å². The van der Waals surface area contributed by atoms with Crippen LogP contribution in [-0.2, 0) is 4.74 Å². The van der Waals surface area contributed by atoms with Gasteiger partial charge in [0.2, 0.25) is 0 Å². The van der Waals surface area contributed by atoms with Crippen molar-refractivity contribution in [2.24, 2.45) is 0 Å². The summed E-state index contributed by atoms with van der Waals surface area (Å²) in [4.78, 5) is 24.2. The largest absolute Gasteiger partial charge is 0.444 e. The van der Waals surface area contributed by atoms with Crippen molar-refractivity contribution in [2.75, 3.05) is 11.9 Å². The summed E-state index contributed by atoms with van der Waals surface area (Å²) in [7, 11) is 0. The summed E-state index contributed by atoms with van der Waals surface area (Å²) in [6.45, 7) is 7.99. The summed E-state index contributed by atoms with van der Waals surface area (Å²) in [5.74, 6) is 0.0313. The molecule has 0 heterocycles. The number of ether oxygens (including phenoxy) is 1. The Morgan fingerprint density at radius 2 is 1.73 bits per heavy atom. The van der Waals surface area contributed by atoms with Crippen molar-refractivity contribution in [1.29, 1.82) is 0 Å². The molecule has 2 aromatic carbocycles. The molecular formula is C21H26N2O3. The van der Waals surface area contributed by atoms with E-state index >= 15 is 0 Å². The third-order valence-electron chi connectivity index (χ3n) is 3.71. The molecule has 5 heteroatoms. The number of nitrogens with one attached hydrogen (secondary N) is 2. The molecule has 0 aromatic heterocycles. The molecule has 0 aliphatic rings. The lowest BCUT2D eigenvalue weighted by Crippen LogP contribution is -2.28. The SMILES string of the molecule is C[C@H](CNC(=O)c1cccc(NC(=O)OC(C)(C)C)c1)c1ccccc1. The lowest BCUT2D eigenvalue weighted by Gasteiger charge is -2.19. The van der Waals surface area contributed by atoms with Gasteiger partial charge in [-0.25, -0.2) is 4.79 Å². The van der Waals surface area contributed by atoms with Crippen LogP contribution in [0.3, 0.4) is 0 Å². The van der Waals surface area contributed by atoms with Gasteiger partial charge < -0.3 is 10.1 Å². The third kappa shape index (κ3) is 6.24. The quantitative estimate of drug-likeness (QED) is 0.827. The van der Waals surface area contributed by atoms with E-state index < -0.39 is 11.7 Å². The molecule has 2 amide bonds. The molecule has 0 fully saturated rings. The van der Waals surface area contributed by atoms with Crippen LogP contribution in [0.2, 0.25) is 0 Å². The monoisotopic (exact) mass is 354 g/mol. The summed E-state index contributed by atoms with van der Waals surface area (Å²) in [5, 5.41) is 5.58. The zero-order valence-electron chi connectivity index (χ0n) is 15.7. The van der Waals surface area contributed by atoms with E-state index in [0.29, 0.717) is 17.8 Å². The molecule has 138 valence electrons. The summed E-state index contributed by atoms with van der Waals surface area (Å²) in [6, 6.07) is 16.8. The van der Waals surface area contributed by atoms with Gasteiger partial charge in [-0.3, -0.25) is 10.1 Å². The Morgan fingerprint density at radius 1 is 1.04 bits per heavy atom. The van der Waals surface area contributed by atoms with Gasteiger partial charge in [-0.05, 0) is 50.5 Å². The molecule has 0 saturated carbocycles. The van der Waals surface area contributed by atoms with Gasteiger partial charge in [0.25, 0.3) is 5.91 Å². The highest BCUT2D eigenvalue weighted by Crippen LogP contribution is 2.15. The molecule has 0 bridgehead atoms. The first kappa shape index (κ1) is 19.5. The minimum absolute atomic E-state index is 0.180. The topological polar surface area (TPSA) is 67.4 Å². The minimum Gasteiger partial charge on any atom is -0.444 e. The molecule has 0 saturated heterocycles. The number of anilines is 1. The average Bonchev–Trinajstić information content (AvgIpc) is 2.58. The van der Waals surface area contributed by atoms with Crippen molar-refractivity contribution in [3.05, 3.63) is 65.7 Å². The Morgan fingerprint density at radius 3 is 2.38 bits per heavy atom. The molecule has 0 radical (unpaired) electrons. The van der Waals surface area contributed by atoms with Gasteiger partial charge >= 0.3 is 6.09 Å². The van der Waals surface area contributed by atoms with Crippen molar-refractivity contribution in [3.8, 4) is 0 Å². The molecule has 2 aromatic rings. The van der Waals surface area contributed by atoms with E-state index in [2.05, 4.69) is 17.6 Å². The second-order valence-electron chi connectivity index (χ2n) is 7.23. The van der Waals surface area contributed by atoms with E-state index in [9.17, 15) is 9.59 Å². The number of rotatable bonds is 5. The number of amides is 2. The van der Waals surface area contributed by atoms with Crippen LogP contribution in [0.1, 0.15) is 49.5 Å². The Bertz CT molecular complexity index is 751. The van der Waals surface area contributed by atoms with Crippen molar-refractivity contribution in [1.82, 2.24) is 5.32 Å². The Labute approximate surface area is 154 Å². The van der Waals surface area contributed by atoms with Gasteiger partial charge in [-0.2, -0.15) is 0 Å². The van der Waals surface area contributed by atoms with Gasteiger partial charge in [0.05, 0.1) is 0 Å². The van der Waals surface area contributed by atoms with Crippen LogP contribution < -0.4 is 10.6 Å². The average molecular weight is 354 g/mol. The van der Waals surface area contributed by atoms with Crippen molar-refractivity contribution < 1.29 is 14.3 Å². The second kappa shape index (κ2) is 8.52. The molecular weight excluding hydrogens is 328 g/mol. The summed E-state index contributed by atoms with van der Waals surface area (Å²) < 4.78 is 5.22. The summed E-state index contributed by atoms with van der Waals surface area (Å²) in [5.41, 5.74) is 1.60. The van der Waals surface area contributed by atoms with Crippen LogP contribution in [0.5, 0.6) is 0 Å². The van der Waals surface area contributed by atoms with Crippen molar-refractivity contribution in [3.63, 3.8) is 0 Å². The lowest BCUT2D eigenvalue weighted by atomic mass is 10.0. The Kier molecular flexibility index (Phi) is 6.39. The highest BCUT2D eigenvalue weighted by atomic mass is 16.6. The summed E-state index contributed by atoms with van der Waals surface area (Å²) >= 11 is 0. The number of hydrogen-bond acceptors (Lipinski definition) is 3. The second-order valence-corrected chi connectivity index (χ2v) is 7.23. The molecule has 26 heavy (non-hydrogen) atoms. The number of benzene rings is 2. The van der Waals surface area contributed by atoms with E-state index in [-0.39, 0.29) is 11.8 Å².